The Hall–Kier alpha value is -2.36. The van der Waals surface area contributed by atoms with E-state index in [4.69, 9.17) is 21.1 Å². The second-order valence-electron chi connectivity index (χ2n) is 6.53. The highest BCUT2D eigenvalue weighted by molar-refractivity contribution is 7.89. The third-order valence-electron chi connectivity index (χ3n) is 3.86. The number of sulfonamides is 1. The maximum atomic E-state index is 13.8. The van der Waals surface area contributed by atoms with Crippen molar-refractivity contribution in [2.24, 2.45) is 5.92 Å². The first kappa shape index (κ1) is 22.9. The summed E-state index contributed by atoms with van der Waals surface area (Å²) in [5.74, 6) is -0.523. The highest BCUT2D eigenvalue weighted by Gasteiger charge is 2.21. The topological polar surface area (TPSA) is 93.7 Å². The molecule has 0 atom stereocenters. The SMILES string of the molecule is COc1cc(C(=O)NNS(=O)(=O)c2ccc(Cl)cc2F)ccc1OCCC(C)C. The Kier molecular flexibility index (Phi) is 7.83. The van der Waals surface area contributed by atoms with Crippen LogP contribution >= 0.6 is 11.6 Å². The summed E-state index contributed by atoms with van der Waals surface area (Å²) >= 11 is 5.62. The van der Waals surface area contributed by atoms with Crippen LogP contribution in [-0.4, -0.2) is 28.0 Å². The van der Waals surface area contributed by atoms with Gasteiger partial charge in [-0.25, -0.2) is 12.8 Å². The Labute approximate surface area is 174 Å². The van der Waals surface area contributed by atoms with Gasteiger partial charge in [-0.3, -0.25) is 10.2 Å². The summed E-state index contributed by atoms with van der Waals surface area (Å²) in [6, 6.07) is 7.52. The number of benzene rings is 2. The zero-order chi connectivity index (χ0) is 21.6. The smallest absolute Gasteiger partial charge is 0.266 e. The number of nitrogens with one attached hydrogen (secondary N) is 2. The number of carbonyl (C=O) groups is 1. The number of ether oxygens (including phenoxy) is 2. The van der Waals surface area contributed by atoms with E-state index in [0.29, 0.717) is 24.0 Å². The third kappa shape index (κ3) is 6.31. The zero-order valence-electron chi connectivity index (χ0n) is 16.2. The van der Waals surface area contributed by atoms with E-state index < -0.39 is 26.6 Å². The standard InChI is InChI=1S/C19H22ClFN2O5S/c1-12(2)8-9-28-16-6-4-13(10-17(16)27-3)19(24)22-23-29(25,26)18-7-5-14(20)11-15(18)21/h4-7,10-12,23H,8-9H2,1-3H3,(H,22,24). The van der Waals surface area contributed by atoms with Crippen LogP contribution in [0.4, 0.5) is 4.39 Å². The van der Waals surface area contributed by atoms with Gasteiger partial charge in [-0.1, -0.05) is 25.4 Å². The van der Waals surface area contributed by atoms with Gasteiger partial charge < -0.3 is 9.47 Å². The van der Waals surface area contributed by atoms with Crippen molar-refractivity contribution in [2.75, 3.05) is 13.7 Å². The zero-order valence-corrected chi connectivity index (χ0v) is 17.7. The predicted octanol–water partition coefficient (Wildman–Crippen LogP) is 3.54. The number of hydrogen-bond acceptors (Lipinski definition) is 5. The van der Waals surface area contributed by atoms with Gasteiger partial charge in [-0.15, -0.1) is 4.83 Å². The van der Waals surface area contributed by atoms with Crippen LogP contribution in [0.2, 0.25) is 5.02 Å². The molecule has 2 N–H and O–H groups in total. The predicted molar refractivity (Wildman–Crippen MR) is 107 cm³/mol. The van der Waals surface area contributed by atoms with Gasteiger partial charge in [0, 0.05) is 10.6 Å². The van der Waals surface area contributed by atoms with Gasteiger partial charge in [0.05, 0.1) is 13.7 Å². The lowest BCUT2D eigenvalue weighted by atomic mass is 10.1. The van der Waals surface area contributed by atoms with E-state index in [1.807, 2.05) is 10.3 Å². The number of methoxy groups -OCH3 is 1. The van der Waals surface area contributed by atoms with Gasteiger partial charge in [-0.05, 0) is 48.7 Å². The summed E-state index contributed by atoms with van der Waals surface area (Å²) in [6.45, 7) is 4.64. The van der Waals surface area contributed by atoms with E-state index in [1.165, 1.54) is 25.3 Å². The first-order chi connectivity index (χ1) is 13.6. The molecule has 10 heteroatoms. The number of halogens is 2. The molecule has 1 amide bonds. The van der Waals surface area contributed by atoms with E-state index in [2.05, 4.69) is 13.8 Å². The lowest BCUT2D eigenvalue weighted by Crippen LogP contribution is -2.41. The van der Waals surface area contributed by atoms with Crippen LogP contribution in [0, 0.1) is 11.7 Å². The summed E-state index contributed by atoms with van der Waals surface area (Å²) < 4.78 is 49.1. The Morgan fingerprint density at radius 3 is 2.52 bits per heavy atom. The lowest BCUT2D eigenvalue weighted by Gasteiger charge is -2.13. The molecule has 0 aliphatic heterocycles. The lowest BCUT2D eigenvalue weighted by molar-refractivity contribution is 0.0944. The van der Waals surface area contributed by atoms with Crippen molar-refractivity contribution in [3.05, 3.63) is 52.8 Å². The van der Waals surface area contributed by atoms with Gasteiger partial charge in [0.15, 0.2) is 11.5 Å². The van der Waals surface area contributed by atoms with Crippen LogP contribution in [0.25, 0.3) is 0 Å². The van der Waals surface area contributed by atoms with E-state index in [9.17, 15) is 17.6 Å². The van der Waals surface area contributed by atoms with E-state index in [0.717, 1.165) is 18.6 Å². The minimum Gasteiger partial charge on any atom is -0.493 e. The minimum absolute atomic E-state index is 0.0493. The molecule has 0 radical (unpaired) electrons. The molecule has 0 aliphatic carbocycles. The summed E-state index contributed by atoms with van der Waals surface area (Å²) in [4.78, 5) is 13.5. The fourth-order valence-electron chi connectivity index (χ4n) is 2.27. The molecule has 0 fully saturated rings. The van der Waals surface area contributed by atoms with E-state index in [-0.39, 0.29) is 10.6 Å². The quantitative estimate of drug-likeness (QED) is 0.577. The Balaban J connectivity index is 2.08. The summed E-state index contributed by atoms with van der Waals surface area (Å²) in [6.07, 6.45) is 0.856. The van der Waals surface area contributed by atoms with Gasteiger partial charge >= 0.3 is 0 Å². The highest BCUT2D eigenvalue weighted by Crippen LogP contribution is 2.28. The average molecular weight is 445 g/mol. The van der Waals surface area contributed by atoms with Crippen molar-refractivity contribution >= 4 is 27.5 Å². The molecule has 2 aromatic carbocycles. The van der Waals surface area contributed by atoms with Crippen LogP contribution < -0.4 is 19.7 Å². The second-order valence-corrected chi connectivity index (χ2v) is 8.62. The van der Waals surface area contributed by atoms with Gasteiger partial charge in [-0.2, -0.15) is 0 Å². The maximum Gasteiger partial charge on any atom is 0.266 e. The van der Waals surface area contributed by atoms with Crippen LogP contribution in [-0.2, 0) is 10.0 Å². The molecule has 7 nitrogen and oxygen atoms in total. The fourth-order valence-corrected chi connectivity index (χ4v) is 3.33. The third-order valence-corrected chi connectivity index (χ3v) is 5.38. The van der Waals surface area contributed by atoms with E-state index >= 15 is 0 Å². The molecule has 2 rings (SSSR count). The van der Waals surface area contributed by atoms with Crippen LogP contribution in [0.5, 0.6) is 11.5 Å². The molecular formula is C19H22ClFN2O5S. The number of carbonyl (C=O) groups excluding carboxylic acids is 1. The first-order valence-corrected chi connectivity index (χ1v) is 10.6. The molecule has 29 heavy (non-hydrogen) atoms. The monoisotopic (exact) mass is 444 g/mol. The normalized spacial score (nSPS) is 11.4. The van der Waals surface area contributed by atoms with Crippen molar-refractivity contribution in [1.82, 2.24) is 10.3 Å². The average Bonchev–Trinajstić information content (AvgIpc) is 2.65. The van der Waals surface area contributed by atoms with Crippen LogP contribution in [0.3, 0.4) is 0 Å². The minimum atomic E-state index is -4.33. The molecule has 0 bridgehead atoms. The summed E-state index contributed by atoms with van der Waals surface area (Å²) in [5, 5.41) is 0.0493. The van der Waals surface area contributed by atoms with Crippen molar-refractivity contribution < 1.29 is 27.1 Å². The van der Waals surface area contributed by atoms with Gasteiger partial charge in [0.25, 0.3) is 15.9 Å². The number of hydrogen-bond donors (Lipinski definition) is 2. The van der Waals surface area contributed by atoms with Crippen molar-refractivity contribution in [3.8, 4) is 11.5 Å². The number of hydrazine groups is 1. The molecule has 0 saturated carbocycles. The largest absolute Gasteiger partial charge is 0.493 e. The molecule has 0 heterocycles. The van der Waals surface area contributed by atoms with Crippen molar-refractivity contribution in [2.45, 2.75) is 25.2 Å². The maximum absolute atomic E-state index is 13.8. The van der Waals surface area contributed by atoms with Gasteiger partial charge in [0.2, 0.25) is 0 Å². The molecule has 0 unspecified atom stereocenters. The second kappa shape index (κ2) is 9.91. The van der Waals surface area contributed by atoms with Crippen LogP contribution in [0.1, 0.15) is 30.6 Å². The van der Waals surface area contributed by atoms with E-state index in [1.54, 1.807) is 6.07 Å². The van der Waals surface area contributed by atoms with Crippen LogP contribution in [0.15, 0.2) is 41.3 Å². The van der Waals surface area contributed by atoms with Crippen molar-refractivity contribution in [3.63, 3.8) is 0 Å². The first-order valence-electron chi connectivity index (χ1n) is 8.72. The summed E-state index contributed by atoms with van der Waals surface area (Å²) in [5.41, 5.74) is 2.16. The molecule has 158 valence electrons. The number of amides is 1. The summed E-state index contributed by atoms with van der Waals surface area (Å²) in [7, 11) is -2.90. The molecule has 0 aliphatic rings. The number of rotatable bonds is 9. The fraction of sp³-hybridized carbons (Fsp3) is 0.316. The highest BCUT2D eigenvalue weighted by atomic mass is 35.5. The Bertz CT molecular complexity index is 983. The van der Waals surface area contributed by atoms with Gasteiger partial charge in [0.1, 0.15) is 10.7 Å². The Morgan fingerprint density at radius 1 is 1.17 bits per heavy atom. The Morgan fingerprint density at radius 2 is 1.90 bits per heavy atom. The molecular weight excluding hydrogens is 423 g/mol. The molecule has 2 aromatic rings. The van der Waals surface area contributed by atoms with Crippen molar-refractivity contribution in [1.29, 1.82) is 0 Å². The molecule has 0 aromatic heterocycles. The molecule has 0 saturated heterocycles. The molecule has 0 spiro atoms.